The molecule has 1 N–H and O–H groups in total. The van der Waals surface area contributed by atoms with Gasteiger partial charge in [0.15, 0.2) is 21.5 Å². The number of halogens is 2. The maximum absolute atomic E-state index is 13.5. The summed E-state index contributed by atoms with van der Waals surface area (Å²) in [7, 11) is -3.68. The molecule has 0 unspecified atom stereocenters. The van der Waals surface area contributed by atoms with Crippen LogP contribution in [0.25, 0.3) is 0 Å². The van der Waals surface area contributed by atoms with E-state index in [-0.39, 0.29) is 17.7 Å². The Morgan fingerprint density at radius 2 is 1.95 bits per heavy atom. The highest BCUT2D eigenvalue weighted by molar-refractivity contribution is 7.90. The smallest absolute Gasteiger partial charge is 0.303 e. The van der Waals surface area contributed by atoms with Crippen molar-refractivity contribution in [2.45, 2.75) is 25.0 Å². The normalized spacial score (nSPS) is 16.9. The summed E-state index contributed by atoms with van der Waals surface area (Å²) in [6.45, 7) is 0. The lowest BCUT2D eigenvalue weighted by molar-refractivity contribution is -0.138. The summed E-state index contributed by atoms with van der Waals surface area (Å²) in [4.78, 5) is 10.7. The van der Waals surface area contributed by atoms with E-state index in [4.69, 9.17) is 5.11 Å². The zero-order valence-corrected chi connectivity index (χ0v) is 11.4. The zero-order valence-electron chi connectivity index (χ0n) is 10.6. The van der Waals surface area contributed by atoms with E-state index in [9.17, 15) is 22.0 Å². The molecular formula is C13H14F2O4S. The lowest BCUT2D eigenvalue weighted by Gasteiger charge is -2.13. The lowest BCUT2D eigenvalue weighted by Crippen LogP contribution is -2.22. The minimum atomic E-state index is -3.68. The Labute approximate surface area is 115 Å². The van der Waals surface area contributed by atoms with Crippen molar-refractivity contribution < 1.29 is 27.1 Å². The quantitative estimate of drug-likeness (QED) is 0.874. The average molecular weight is 304 g/mol. The van der Waals surface area contributed by atoms with Crippen LogP contribution in [0.5, 0.6) is 0 Å². The number of sulfone groups is 1. The van der Waals surface area contributed by atoms with Crippen LogP contribution in [0.2, 0.25) is 0 Å². The largest absolute Gasteiger partial charge is 0.481 e. The topological polar surface area (TPSA) is 71.4 Å². The van der Waals surface area contributed by atoms with Crippen molar-refractivity contribution in [3.8, 4) is 0 Å². The molecule has 0 heterocycles. The number of carboxylic acids is 1. The van der Waals surface area contributed by atoms with Gasteiger partial charge in [0.1, 0.15) is 0 Å². The SMILES string of the molecule is O=C(O)CC1(CS(=O)(=O)Cc2cccc(F)c2F)CC1. The van der Waals surface area contributed by atoms with E-state index in [2.05, 4.69) is 0 Å². The molecule has 4 nitrogen and oxygen atoms in total. The lowest BCUT2D eigenvalue weighted by atomic mass is 10.1. The number of carboxylic acid groups (broad SMARTS) is 1. The van der Waals surface area contributed by atoms with Crippen molar-refractivity contribution in [3.63, 3.8) is 0 Å². The van der Waals surface area contributed by atoms with Crippen molar-refractivity contribution >= 4 is 15.8 Å². The van der Waals surface area contributed by atoms with Crippen molar-refractivity contribution in [2.75, 3.05) is 5.75 Å². The fraction of sp³-hybridized carbons (Fsp3) is 0.462. The highest BCUT2D eigenvalue weighted by Crippen LogP contribution is 2.50. The minimum absolute atomic E-state index is 0.210. The van der Waals surface area contributed by atoms with Gasteiger partial charge in [0.2, 0.25) is 0 Å². The highest BCUT2D eigenvalue weighted by Gasteiger charge is 2.47. The van der Waals surface area contributed by atoms with Gasteiger partial charge in [-0.25, -0.2) is 17.2 Å². The van der Waals surface area contributed by atoms with E-state index in [1.54, 1.807) is 0 Å². The van der Waals surface area contributed by atoms with Gasteiger partial charge < -0.3 is 5.11 Å². The molecule has 0 amide bonds. The van der Waals surface area contributed by atoms with E-state index in [1.165, 1.54) is 12.1 Å². The molecule has 0 bridgehead atoms. The van der Waals surface area contributed by atoms with Crippen LogP contribution >= 0.6 is 0 Å². The molecule has 0 aromatic heterocycles. The van der Waals surface area contributed by atoms with Gasteiger partial charge in [0.25, 0.3) is 0 Å². The third kappa shape index (κ3) is 3.53. The van der Waals surface area contributed by atoms with Crippen molar-refractivity contribution in [1.29, 1.82) is 0 Å². The third-order valence-corrected chi connectivity index (χ3v) is 5.22. The number of carbonyl (C=O) groups is 1. The van der Waals surface area contributed by atoms with Gasteiger partial charge in [-0.2, -0.15) is 0 Å². The van der Waals surface area contributed by atoms with Crippen LogP contribution < -0.4 is 0 Å². The van der Waals surface area contributed by atoms with Crippen molar-refractivity contribution in [3.05, 3.63) is 35.4 Å². The molecule has 0 spiro atoms. The maximum atomic E-state index is 13.5. The monoisotopic (exact) mass is 304 g/mol. The summed E-state index contributed by atoms with van der Waals surface area (Å²) in [5.74, 6) is -4.22. The predicted molar refractivity (Wildman–Crippen MR) is 67.8 cm³/mol. The summed E-state index contributed by atoms with van der Waals surface area (Å²) in [6, 6.07) is 3.37. The number of benzene rings is 1. The molecule has 0 atom stereocenters. The van der Waals surface area contributed by atoms with Crippen LogP contribution in [0.15, 0.2) is 18.2 Å². The first-order valence-corrected chi connectivity index (χ1v) is 7.90. The Morgan fingerprint density at radius 3 is 2.50 bits per heavy atom. The first kappa shape index (κ1) is 14.9. The van der Waals surface area contributed by atoms with E-state index in [0.29, 0.717) is 12.8 Å². The van der Waals surface area contributed by atoms with E-state index in [0.717, 1.165) is 6.07 Å². The first-order chi connectivity index (χ1) is 9.23. The molecule has 1 aliphatic carbocycles. The summed E-state index contributed by atoms with van der Waals surface area (Å²) >= 11 is 0. The van der Waals surface area contributed by atoms with Crippen LogP contribution in [0.1, 0.15) is 24.8 Å². The predicted octanol–water partition coefficient (Wildman–Crippen LogP) is 2.13. The Morgan fingerprint density at radius 1 is 1.30 bits per heavy atom. The Balaban J connectivity index is 2.12. The van der Waals surface area contributed by atoms with Gasteiger partial charge in [0, 0.05) is 5.56 Å². The summed E-state index contributed by atoms with van der Waals surface area (Å²) in [6.07, 6.45) is 0.853. The molecule has 2 rings (SSSR count). The number of hydrogen-bond acceptors (Lipinski definition) is 3. The van der Waals surface area contributed by atoms with Crippen molar-refractivity contribution in [1.82, 2.24) is 0 Å². The van der Waals surface area contributed by atoms with Gasteiger partial charge >= 0.3 is 5.97 Å². The second kappa shape index (κ2) is 5.12. The molecule has 1 aromatic rings. The fourth-order valence-corrected chi connectivity index (χ4v) is 4.41. The summed E-state index contributed by atoms with van der Waals surface area (Å²) in [5.41, 5.74) is -0.954. The highest BCUT2D eigenvalue weighted by atomic mass is 32.2. The van der Waals surface area contributed by atoms with Gasteiger partial charge in [-0.1, -0.05) is 12.1 Å². The van der Waals surface area contributed by atoms with Crippen LogP contribution in [0.4, 0.5) is 8.78 Å². The molecule has 0 aliphatic heterocycles. The van der Waals surface area contributed by atoms with E-state index >= 15 is 0 Å². The van der Waals surface area contributed by atoms with Gasteiger partial charge in [-0.05, 0) is 24.3 Å². The first-order valence-electron chi connectivity index (χ1n) is 6.08. The summed E-state index contributed by atoms with van der Waals surface area (Å²) < 4.78 is 50.5. The van der Waals surface area contributed by atoms with Crippen LogP contribution in [-0.4, -0.2) is 25.2 Å². The molecule has 1 aliphatic rings. The molecule has 110 valence electrons. The van der Waals surface area contributed by atoms with Gasteiger partial charge in [0.05, 0.1) is 17.9 Å². The second-order valence-corrected chi connectivity index (χ2v) is 7.38. The number of aliphatic carboxylic acids is 1. The molecule has 7 heteroatoms. The van der Waals surface area contributed by atoms with E-state index < -0.39 is 38.6 Å². The van der Waals surface area contributed by atoms with Crippen LogP contribution in [-0.2, 0) is 20.4 Å². The Hall–Kier alpha value is -1.50. The standard InChI is InChI=1S/C13H14F2O4S/c14-10-3-1-2-9(12(10)15)7-20(18,19)8-13(4-5-13)6-11(16)17/h1-3H,4-8H2,(H,16,17). The fourth-order valence-electron chi connectivity index (χ4n) is 2.28. The van der Waals surface area contributed by atoms with Gasteiger partial charge in [-0.3, -0.25) is 4.79 Å². The molecule has 1 saturated carbocycles. The molecule has 1 fully saturated rings. The Bertz CT molecular complexity index is 636. The molecule has 20 heavy (non-hydrogen) atoms. The molecular weight excluding hydrogens is 290 g/mol. The molecule has 1 aromatic carbocycles. The third-order valence-electron chi connectivity index (χ3n) is 3.42. The van der Waals surface area contributed by atoms with Crippen molar-refractivity contribution in [2.24, 2.45) is 5.41 Å². The average Bonchev–Trinajstić information content (AvgIpc) is 3.02. The number of hydrogen-bond donors (Lipinski definition) is 1. The van der Waals surface area contributed by atoms with Gasteiger partial charge in [-0.15, -0.1) is 0 Å². The van der Waals surface area contributed by atoms with Crippen LogP contribution in [0.3, 0.4) is 0 Å². The maximum Gasteiger partial charge on any atom is 0.303 e. The molecule has 0 saturated heterocycles. The van der Waals surface area contributed by atoms with Crippen LogP contribution in [0, 0.1) is 17.0 Å². The zero-order chi connectivity index (χ0) is 15.0. The molecule has 0 radical (unpaired) electrons. The second-order valence-electron chi connectivity index (χ2n) is 5.32. The number of rotatable bonds is 6. The van der Waals surface area contributed by atoms with E-state index in [1.807, 2.05) is 0 Å². The minimum Gasteiger partial charge on any atom is -0.481 e. The Kier molecular flexibility index (Phi) is 3.82. The summed E-state index contributed by atoms with van der Waals surface area (Å²) in [5, 5.41) is 8.75.